The normalized spacial score (nSPS) is 20.2. The van der Waals surface area contributed by atoms with Gasteiger partial charge in [0.2, 0.25) is 0 Å². The van der Waals surface area contributed by atoms with E-state index in [-0.39, 0.29) is 29.1 Å². The van der Waals surface area contributed by atoms with Crippen LogP contribution in [-0.2, 0) is 14.0 Å². The van der Waals surface area contributed by atoms with E-state index in [9.17, 15) is 4.79 Å². The largest absolute Gasteiger partial charge is 0.463 e. The zero-order valence-electron chi connectivity index (χ0n) is 19.1. The zero-order valence-corrected chi connectivity index (χ0v) is 20.1. The molecule has 3 rings (SSSR count). The van der Waals surface area contributed by atoms with Gasteiger partial charge in [-0.05, 0) is 48.5 Å². The number of benzene rings is 2. The molecule has 1 saturated carbocycles. The number of hydrogen-bond acceptors (Lipinski definition) is 3. The van der Waals surface area contributed by atoms with Gasteiger partial charge >= 0.3 is 5.97 Å². The van der Waals surface area contributed by atoms with Crippen molar-refractivity contribution in [2.24, 2.45) is 5.92 Å². The topological polar surface area (TPSA) is 35.5 Å². The predicted octanol–water partition coefficient (Wildman–Crippen LogP) is 5.07. The maximum absolute atomic E-state index is 12.6. The molecule has 30 heavy (non-hydrogen) atoms. The molecule has 0 amide bonds. The molecule has 162 valence electrons. The van der Waals surface area contributed by atoms with Crippen molar-refractivity contribution in [1.82, 2.24) is 0 Å². The van der Waals surface area contributed by atoms with E-state index in [0.717, 1.165) is 25.7 Å². The molecule has 0 heterocycles. The van der Waals surface area contributed by atoms with Gasteiger partial charge in [0.25, 0.3) is 8.32 Å². The van der Waals surface area contributed by atoms with E-state index in [1.54, 1.807) is 0 Å². The van der Waals surface area contributed by atoms with Gasteiger partial charge in [0, 0.05) is 6.10 Å². The standard InChI is InChI=1S/C26H36O3Si/c1-20(2)28-25(27)21-13-12-14-22(19-21)29-30(26(3,4)5,23-15-8-6-9-16-23)24-17-10-7-11-18-24/h6-11,15-18,20-22H,12-14,19H2,1-5H3/t21-,22+/m1/s1. The lowest BCUT2D eigenvalue weighted by Crippen LogP contribution is -2.68. The Labute approximate surface area is 182 Å². The van der Waals surface area contributed by atoms with E-state index in [4.69, 9.17) is 9.16 Å². The molecule has 2 aromatic carbocycles. The van der Waals surface area contributed by atoms with Gasteiger partial charge in [0.15, 0.2) is 0 Å². The van der Waals surface area contributed by atoms with Crippen molar-refractivity contribution in [2.45, 2.75) is 77.5 Å². The van der Waals surface area contributed by atoms with Gasteiger partial charge in [-0.3, -0.25) is 4.79 Å². The highest BCUT2D eigenvalue weighted by atomic mass is 28.4. The summed E-state index contributed by atoms with van der Waals surface area (Å²) >= 11 is 0. The van der Waals surface area contributed by atoms with Crippen molar-refractivity contribution < 1.29 is 14.0 Å². The molecule has 0 aromatic heterocycles. The summed E-state index contributed by atoms with van der Waals surface area (Å²) in [6, 6.07) is 21.4. The second-order valence-electron chi connectivity index (χ2n) is 9.75. The zero-order chi connectivity index (χ0) is 21.8. The van der Waals surface area contributed by atoms with E-state index >= 15 is 0 Å². The highest BCUT2D eigenvalue weighted by molar-refractivity contribution is 6.99. The van der Waals surface area contributed by atoms with Crippen LogP contribution in [0.25, 0.3) is 0 Å². The van der Waals surface area contributed by atoms with Crippen LogP contribution in [0.2, 0.25) is 5.04 Å². The molecule has 2 aromatic rings. The minimum absolute atomic E-state index is 0.0545. The third-order valence-electron chi connectivity index (χ3n) is 6.07. The molecule has 1 fully saturated rings. The molecule has 0 radical (unpaired) electrons. The molecular weight excluding hydrogens is 388 g/mol. The highest BCUT2D eigenvalue weighted by Gasteiger charge is 2.51. The van der Waals surface area contributed by atoms with Crippen LogP contribution in [0.15, 0.2) is 60.7 Å². The quantitative estimate of drug-likeness (QED) is 0.479. The van der Waals surface area contributed by atoms with Crippen molar-refractivity contribution in [3.63, 3.8) is 0 Å². The summed E-state index contributed by atoms with van der Waals surface area (Å²) in [6.45, 7) is 10.7. The van der Waals surface area contributed by atoms with Gasteiger partial charge in [0.1, 0.15) is 0 Å². The fourth-order valence-electron chi connectivity index (χ4n) is 4.74. The van der Waals surface area contributed by atoms with Crippen LogP contribution in [0.1, 0.15) is 60.3 Å². The SMILES string of the molecule is CC(C)OC(=O)[C@@H]1CCC[C@H](O[Si](c2ccccc2)(c2ccccc2)C(C)(C)C)C1. The highest BCUT2D eigenvalue weighted by Crippen LogP contribution is 2.40. The fourth-order valence-corrected chi connectivity index (χ4v) is 9.46. The van der Waals surface area contributed by atoms with E-state index < -0.39 is 8.32 Å². The second-order valence-corrected chi connectivity index (χ2v) is 14.0. The summed E-state index contributed by atoms with van der Waals surface area (Å²) in [4.78, 5) is 12.6. The number of hydrogen-bond donors (Lipinski definition) is 0. The molecule has 0 spiro atoms. The van der Waals surface area contributed by atoms with Crippen molar-refractivity contribution >= 4 is 24.7 Å². The van der Waals surface area contributed by atoms with Crippen LogP contribution < -0.4 is 10.4 Å². The van der Waals surface area contributed by atoms with Crippen LogP contribution in [0.4, 0.5) is 0 Å². The van der Waals surface area contributed by atoms with E-state index in [2.05, 4.69) is 81.4 Å². The van der Waals surface area contributed by atoms with Gasteiger partial charge in [-0.25, -0.2) is 0 Å². The Kier molecular flexibility index (Phi) is 7.20. The van der Waals surface area contributed by atoms with Crippen molar-refractivity contribution in [2.75, 3.05) is 0 Å². The Bertz CT molecular complexity index is 772. The van der Waals surface area contributed by atoms with Crippen LogP contribution in [0.3, 0.4) is 0 Å². The number of esters is 1. The van der Waals surface area contributed by atoms with Gasteiger partial charge in [-0.15, -0.1) is 0 Å². The minimum atomic E-state index is -2.59. The van der Waals surface area contributed by atoms with Crippen LogP contribution in [0, 0.1) is 5.92 Å². The molecule has 0 bridgehead atoms. The van der Waals surface area contributed by atoms with Gasteiger partial charge < -0.3 is 9.16 Å². The average Bonchev–Trinajstić information content (AvgIpc) is 2.72. The Hall–Kier alpha value is -1.91. The van der Waals surface area contributed by atoms with Gasteiger partial charge in [-0.2, -0.15) is 0 Å². The van der Waals surface area contributed by atoms with Crippen molar-refractivity contribution in [3.8, 4) is 0 Å². The van der Waals surface area contributed by atoms with E-state index in [1.807, 2.05) is 13.8 Å². The second kappa shape index (κ2) is 9.48. The minimum Gasteiger partial charge on any atom is -0.463 e. The Balaban J connectivity index is 1.98. The summed E-state index contributed by atoms with van der Waals surface area (Å²) in [5.41, 5.74) is 0. The van der Waals surface area contributed by atoms with Gasteiger partial charge in [0.05, 0.1) is 12.0 Å². The monoisotopic (exact) mass is 424 g/mol. The first-order valence-electron chi connectivity index (χ1n) is 11.2. The molecular formula is C26H36O3Si. The number of ether oxygens (including phenoxy) is 1. The maximum Gasteiger partial charge on any atom is 0.309 e. The van der Waals surface area contributed by atoms with Gasteiger partial charge in [-0.1, -0.05) is 87.9 Å². The molecule has 2 atom stereocenters. The molecule has 3 nitrogen and oxygen atoms in total. The molecule has 0 saturated heterocycles. The molecule has 0 unspecified atom stereocenters. The number of rotatable bonds is 6. The maximum atomic E-state index is 12.6. The van der Waals surface area contributed by atoms with E-state index in [1.165, 1.54) is 10.4 Å². The smallest absolute Gasteiger partial charge is 0.309 e. The molecule has 4 heteroatoms. The third kappa shape index (κ3) is 4.87. The summed E-state index contributed by atoms with van der Waals surface area (Å²) in [5.74, 6) is -0.134. The Morgan fingerprint density at radius 2 is 1.47 bits per heavy atom. The fraction of sp³-hybridized carbons (Fsp3) is 0.500. The number of carbonyl (C=O) groups excluding carboxylic acids is 1. The summed E-state index contributed by atoms with van der Waals surface area (Å²) in [5, 5.41) is 2.52. The molecule has 1 aliphatic rings. The van der Waals surface area contributed by atoms with Crippen LogP contribution in [0.5, 0.6) is 0 Å². The first-order valence-corrected chi connectivity index (χ1v) is 13.1. The Morgan fingerprint density at radius 3 is 1.93 bits per heavy atom. The van der Waals surface area contributed by atoms with Crippen molar-refractivity contribution in [1.29, 1.82) is 0 Å². The van der Waals surface area contributed by atoms with Crippen LogP contribution in [-0.4, -0.2) is 26.5 Å². The lowest BCUT2D eigenvalue weighted by Gasteiger charge is -2.46. The third-order valence-corrected chi connectivity index (χ3v) is 11.2. The van der Waals surface area contributed by atoms with Crippen molar-refractivity contribution in [3.05, 3.63) is 60.7 Å². The number of carbonyl (C=O) groups is 1. The predicted molar refractivity (Wildman–Crippen MR) is 126 cm³/mol. The Morgan fingerprint density at radius 1 is 0.933 bits per heavy atom. The molecule has 0 N–H and O–H groups in total. The van der Waals surface area contributed by atoms with Crippen LogP contribution >= 0.6 is 0 Å². The first kappa shape index (κ1) is 22.8. The molecule has 1 aliphatic carbocycles. The average molecular weight is 425 g/mol. The summed E-state index contributed by atoms with van der Waals surface area (Å²) in [7, 11) is -2.59. The summed E-state index contributed by atoms with van der Waals surface area (Å²) in [6.07, 6.45) is 3.63. The first-order chi connectivity index (χ1) is 14.2. The lowest BCUT2D eigenvalue weighted by molar-refractivity contribution is -0.154. The molecule has 0 aliphatic heterocycles. The van der Waals surface area contributed by atoms with E-state index in [0.29, 0.717) is 0 Å². The summed E-state index contributed by atoms with van der Waals surface area (Å²) < 4.78 is 12.8. The lowest BCUT2D eigenvalue weighted by atomic mass is 9.87.